The molecule has 37 heavy (non-hydrogen) atoms. The molecule has 2 N–H and O–H groups in total. The molecule has 200 valence electrons. The van der Waals surface area contributed by atoms with Gasteiger partial charge in [-0.15, -0.1) is 0 Å². The summed E-state index contributed by atoms with van der Waals surface area (Å²) in [5.41, 5.74) is -0.250. The van der Waals surface area contributed by atoms with Crippen LogP contribution in [0.15, 0.2) is 42.5 Å². The Hall–Kier alpha value is -2.84. The van der Waals surface area contributed by atoms with E-state index in [9.17, 15) is 18.4 Å². The van der Waals surface area contributed by atoms with Crippen LogP contribution < -0.4 is 15.4 Å². The second-order valence-electron chi connectivity index (χ2n) is 10.8. The zero-order valence-corrected chi connectivity index (χ0v) is 21.7. The highest BCUT2D eigenvalue weighted by atomic mass is 19.1. The van der Waals surface area contributed by atoms with Crippen LogP contribution in [-0.4, -0.2) is 61.7 Å². The molecule has 8 heteroatoms. The van der Waals surface area contributed by atoms with E-state index in [-0.39, 0.29) is 17.4 Å². The quantitative estimate of drug-likeness (QED) is 0.506. The second kappa shape index (κ2) is 12.1. The number of hydrogen-bond donors (Lipinski definition) is 2. The summed E-state index contributed by atoms with van der Waals surface area (Å²) in [7, 11) is 0. The van der Waals surface area contributed by atoms with E-state index in [0.29, 0.717) is 48.9 Å². The molecule has 2 saturated heterocycles. The first-order chi connectivity index (χ1) is 17.7. The molecule has 2 aliphatic heterocycles. The second-order valence-corrected chi connectivity index (χ2v) is 10.8. The number of carbonyl (C=O) groups excluding carboxylic acids is 2. The van der Waals surface area contributed by atoms with Crippen molar-refractivity contribution in [1.82, 2.24) is 15.5 Å². The molecule has 0 radical (unpaired) electrons. The summed E-state index contributed by atoms with van der Waals surface area (Å²) in [5.74, 6) is -0.979. The molecular weight excluding hydrogens is 476 g/mol. The van der Waals surface area contributed by atoms with E-state index >= 15 is 0 Å². The number of benzene rings is 2. The van der Waals surface area contributed by atoms with Gasteiger partial charge in [0.1, 0.15) is 17.2 Å². The SMILES string of the molecule is CC(C)(F)CN1CCC(COc2ccc(-c3cccc(F)c3C(=O)NC(=O)[C@@H]3CCCNC3)cc2)CC1. The van der Waals surface area contributed by atoms with Gasteiger partial charge in [-0.25, -0.2) is 8.78 Å². The molecule has 0 bridgehead atoms. The number of nitrogens with one attached hydrogen (secondary N) is 2. The summed E-state index contributed by atoms with van der Waals surface area (Å²) in [6.07, 6.45) is 3.49. The van der Waals surface area contributed by atoms with Gasteiger partial charge in [0.05, 0.1) is 18.1 Å². The van der Waals surface area contributed by atoms with Gasteiger partial charge in [-0.05, 0) is 94.4 Å². The Morgan fingerprint density at radius 3 is 2.49 bits per heavy atom. The van der Waals surface area contributed by atoms with Crippen LogP contribution in [0.25, 0.3) is 11.1 Å². The standard InChI is InChI=1S/C29H37F2N3O3/c1-29(2,31)19-34-15-12-20(13-16-34)18-37-23-10-8-21(9-11-23)24-6-3-7-25(30)26(24)28(36)33-27(35)22-5-4-14-32-17-22/h3,6-11,20,22,32H,4-5,12-19H2,1-2H3,(H,33,35,36)/t22-/m1/s1. The number of alkyl halides is 1. The van der Waals surface area contributed by atoms with E-state index in [1.54, 1.807) is 38.1 Å². The van der Waals surface area contributed by atoms with Crippen molar-refractivity contribution >= 4 is 11.8 Å². The van der Waals surface area contributed by atoms with Gasteiger partial charge in [-0.2, -0.15) is 0 Å². The molecule has 1 atom stereocenters. The minimum Gasteiger partial charge on any atom is -0.493 e. The summed E-state index contributed by atoms with van der Waals surface area (Å²) in [5, 5.41) is 5.54. The third-order valence-electron chi connectivity index (χ3n) is 7.10. The lowest BCUT2D eigenvalue weighted by atomic mass is 9.96. The number of nitrogens with zero attached hydrogens (tertiary/aromatic N) is 1. The first-order valence-electron chi connectivity index (χ1n) is 13.2. The number of piperidine rings is 2. The van der Waals surface area contributed by atoms with Crippen LogP contribution in [0.1, 0.15) is 49.9 Å². The highest BCUT2D eigenvalue weighted by Gasteiger charge is 2.27. The van der Waals surface area contributed by atoms with E-state index < -0.39 is 17.4 Å². The number of amides is 2. The van der Waals surface area contributed by atoms with Crippen LogP contribution in [-0.2, 0) is 4.79 Å². The van der Waals surface area contributed by atoms with E-state index in [1.165, 1.54) is 6.07 Å². The van der Waals surface area contributed by atoms with Gasteiger partial charge in [0.15, 0.2) is 0 Å². The molecule has 2 aromatic rings. The van der Waals surface area contributed by atoms with Crippen LogP contribution >= 0.6 is 0 Å². The average Bonchev–Trinajstić information content (AvgIpc) is 2.88. The van der Waals surface area contributed by atoms with Crippen LogP contribution in [0.2, 0.25) is 0 Å². The minimum absolute atomic E-state index is 0.142. The van der Waals surface area contributed by atoms with Crippen molar-refractivity contribution in [1.29, 1.82) is 0 Å². The zero-order chi connectivity index (χ0) is 26.4. The maximum absolute atomic E-state index is 14.8. The number of imide groups is 1. The molecule has 0 saturated carbocycles. The normalized spacial score (nSPS) is 19.4. The van der Waals surface area contributed by atoms with E-state index in [1.807, 2.05) is 12.1 Å². The van der Waals surface area contributed by atoms with Gasteiger partial charge >= 0.3 is 0 Å². The molecule has 0 spiro atoms. The molecule has 0 unspecified atom stereocenters. The van der Waals surface area contributed by atoms with Gasteiger partial charge in [-0.1, -0.05) is 24.3 Å². The third kappa shape index (κ3) is 7.58. The molecule has 2 heterocycles. The number of carbonyl (C=O) groups is 2. The fraction of sp³-hybridized carbons (Fsp3) is 0.517. The number of halogens is 2. The van der Waals surface area contributed by atoms with Crippen molar-refractivity contribution in [3.05, 3.63) is 53.8 Å². The lowest BCUT2D eigenvalue weighted by Crippen LogP contribution is -2.43. The Labute approximate surface area is 217 Å². The molecule has 2 fully saturated rings. The average molecular weight is 514 g/mol. The highest BCUT2D eigenvalue weighted by Crippen LogP contribution is 2.29. The molecule has 6 nitrogen and oxygen atoms in total. The Bertz CT molecular complexity index is 1070. The maximum Gasteiger partial charge on any atom is 0.261 e. The predicted molar refractivity (Wildman–Crippen MR) is 140 cm³/mol. The number of hydrogen-bond acceptors (Lipinski definition) is 5. The summed E-state index contributed by atoms with van der Waals surface area (Å²) in [4.78, 5) is 27.6. The largest absolute Gasteiger partial charge is 0.493 e. The van der Waals surface area contributed by atoms with E-state index in [0.717, 1.165) is 38.9 Å². The summed E-state index contributed by atoms with van der Waals surface area (Å²) in [6, 6.07) is 11.6. The smallest absolute Gasteiger partial charge is 0.261 e. The molecule has 0 aromatic heterocycles. The van der Waals surface area contributed by atoms with Crippen LogP contribution in [0, 0.1) is 17.7 Å². The van der Waals surface area contributed by atoms with Gasteiger partial charge in [0.25, 0.3) is 5.91 Å². The highest BCUT2D eigenvalue weighted by molar-refractivity contribution is 6.09. The topological polar surface area (TPSA) is 70.7 Å². The van der Waals surface area contributed by atoms with Crippen molar-refractivity contribution < 1.29 is 23.1 Å². The third-order valence-corrected chi connectivity index (χ3v) is 7.10. The number of likely N-dealkylation sites (tertiary alicyclic amines) is 1. The Morgan fingerprint density at radius 2 is 1.84 bits per heavy atom. The van der Waals surface area contributed by atoms with E-state index in [4.69, 9.17) is 4.74 Å². The van der Waals surface area contributed by atoms with Gasteiger partial charge in [0.2, 0.25) is 5.91 Å². The van der Waals surface area contributed by atoms with Crippen molar-refractivity contribution in [2.24, 2.45) is 11.8 Å². The van der Waals surface area contributed by atoms with Gasteiger partial charge in [-0.3, -0.25) is 14.9 Å². The van der Waals surface area contributed by atoms with Crippen molar-refractivity contribution in [3.63, 3.8) is 0 Å². The predicted octanol–water partition coefficient (Wildman–Crippen LogP) is 4.59. The first kappa shape index (κ1) is 27.2. The van der Waals surface area contributed by atoms with Crippen molar-refractivity contribution in [2.45, 2.75) is 45.2 Å². The monoisotopic (exact) mass is 513 g/mol. The Balaban J connectivity index is 1.36. The van der Waals surface area contributed by atoms with Crippen molar-refractivity contribution in [3.8, 4) is 16.9 Å². The zero-order valence-electron chi connectivity index (χ0n) is 21.7. The first-order valence-corrected chi connectivity index (χ1v) is 13.2. The van der Waals surface area contributed by atoms with Gasteiger partial charge < -0.3 is 15.0 Å². The number of rotatable bonds is 8. The fourth-order valence-corrected chi connectivity index (χ4v) is 5.14. The molecule has 4 rings (SSSR count). The number of ether oxygens (including phenoxy) is 1. The molecule has 2 amide bonds. The molecule has 2 aliphatic rings. The lowest BCUT2D eigenvalue weighted by Gasteiger charge is -2.34. The van der Waals surface area contributed by atoms with Crippen LogP contribution in [0.5, 0.6) is 5.75 Å². The Kier molecular flexibility index (Phi) is 8.92. The van der Waals surface area contributed by atoms with Crippen LogP contribution in [0.4, 0.5) is 8.78 Å². The van der Waals surface area contributed by atoms with Crippen LogP contribution in [0.3, 0.4) is 0 Å². The van der Waals surface area contributed by atoms with Gasteiger partial charge in [0, 0.05) is 13.1 Å². The molecule has 0 aliphatic carbocycles. The summed E-state index contributed by atoms with van der Waals surface area (Å²) >= 11 is 0. The summed E-state index contributed by atoms with van der Waals surface area (Å²) in [6.45, 7) is 7.35. The molecule has 2 aromatic carbocycles. The summed E-state index contributed by atoms with van der Waals surface area (Å²) < 4.78 is 34.7. The fourth-order valence-electron chi connectivity index (χ4n) is 5.14. The lowest BCUT2D eigenvalue weighted by molar-refractivity contribution is -0.124. The molecular formula is C29H37F2N3O3. The minimum atomic E-state index is -1.18. The Morgan fingerprint density at radius 1 is 1.11 bits per heavy atom. The van der Waals surface area contributed by atoms with Crippen molar-refractivity contribution in [2.75, 3.05) is 39.3 Å². The maximum atomic E-state index is 14.8. The van der Waals surface area contributed by atoms with E-state index in [2.05, 4.69) is 15.5 Å².